The van der Waals surface area contributed by atoms with Gasteiger partial charge in [0, 0.05) is 13.1 Å². The maximum atomic E-state index is 14.0. The number of anilines is 1. The van der Waals surface area contributed by atoms with Gasteiger partial charge in [0.15, 0.2) is 6.10 Å². The molecule has 2 heterocycles. The molecule has 3 N–H and O–H groups in total. The van der Waals surface area contributed by atoms with Gasteiger partial charge in [0.1, 0.15) is 18.5 Å². The monoisotopic (exact) mass is 305 g/mol. The molecule has 116 valence electrons. The lowest BCUT2D eigenvalue weighted by molar-refractivity contribution is -0.148. The lowest BCUT2D eigenvalue weighted by Crippen LogP contribution is -2.42. The van der Waals surface area contributed by atoms with Crippen LogP contribution in [0.4, 0.5) is 14.6 Å². The molecule has 0 spiro atoms. The Balaban J connectivity index is 2.27. The Morgan fingerprint density at radius 3 is 2.90 bits per heavy atom. The highest BCUT2D eigenvalue weighted by Crippen LogP contribution is 2.42. The van der Waals surface area contributed by atoms with Crippen LogP contribution < -0.4 is 11.4 Å². The summed E-state index contributed by atoms with van der Waals surface area (Å²) in [6.45, 7) is 0.533. The van der Waals surface area contributed by atoms with Gasteiger partial charge in [-0.05, 0) is 6.07 Å². The number of halogens is 2. The van der Waals surface area contributed by atoms with E-state index in [-0.39, 0.29) is 5.82 Å². The third-order valence-corrected chi connectivity index (χ3v) is 2.93. The smallest absolute Gasteiger partial charge is 0.351 e. The van der Waals surface area contributed by atoms with Crippen LogP contribution in [0.1, 0.15) is 13.2 Å². The van der Waals surface area contributed by atoms with Gasteiger partial charge in [-0.3, -0.25) is 9.36 Å². The molecule has 1 aromatic heterocycles. The van der Waals surface area contributed by atoms with E-state index < -0.39 is 42.6 Å². The number of aliphatic hydroxyl groups is 1. The molecule has 1 aromatic rings. The average molecular weight is 305 g/mol. The summed E-state index contributed by atoms with van der Waals surface area (Å²) in [4.78, 5) is 25.6. The highest BCUT2D eigenvalue weighted by atomic mass is 19.3. The molecule has 0 aliphatic carbocycles. The summed E-state index contributed by atoms with van der Waals surface area (Å²) in [7, 11) is 0. The van der Waals surface area contributed by atoms with Crippen LogP contribution in [0.2, 0.25) is 0 Å². The predicted molar refractivity (Wildman–Crippen MR) is 64.4 cm³/mol. The largest absolute Gasteiger partial charge is 0.463 e. The normalized spacial score (nSPS) is 27.5. The van der Waals surface area contributed by atoms with Gasteiger partial charge in [0.25, 0.3) is 0 Å². The summed E-state index contributed by atoms with van der Waals surface area (Å²) in [6.07, 6.45) is -4.76. The van der Waals surface area contributed by atoms with Crippen molar-refractivity contribution in [3.8, 4) is 0 Å². The Morgan fingerprint density at radius 1 is 1.67 bits per heavy atom. The molecule has 21 heavy (non-hydrogen) atoms. The van der Waals surface area contributed by atoms with Crippen molar-refractivity contribution in [1.29, 1.82) is 0 Å². The van der Waals surface area contributed by atoms with E-state index in [0.29, 0.717) is 4.57 Å². The molecule has 1 aliphatic heterocycles. The minimum atomic E-state index is -3.76. The molecular weight excluding hydrogens is 292 g/mol. The van der Waals surface area contributed by atoms with Gasteiger partial charge in [-0.25, -0.2) is 4.79 Å². The summed E-state index contributed by atoms with van der Waals surface area (Å²) in [5.41, 5.74) is 4.23. The second kappa shape index (κ2) is 5.37. The maximum Gasteiger partial charge on any atom is 0.351 e. The zero-order chi connectivity index (χ0) is 15.8. The number of aliphatic hydroxyl groups excluding tert-OH is 1. The third kappa shape index (κ3) is 2.85. The van der Waals surface area contributed by atoms with Crippen LogP contribution in [0.3, 0.4) is 0 Å². The number of hydrogen-bond donors (Lipinski definition) is 2. The van der Waals surface area contributed by atoms with Crippen LogP contribution in [0.15, 0.2) is 17.1 Å². The van der Waals surface area contributed by atoms with Crippen LogP contribution in [0.5, 0.6) is 0 Å². The van der Waals surface area contributed by atoms with Crippen molar-refractivity contribution in [1.82, 2.24) is 9.55 Å². The molecule has 2 rings (SSSR count). The fourth-order valence-corrected chi connectivity index (χ4v) is 1.91. The zero-order valence-corrected chi connectivity index (χ0v) is 10.9. The van der Waals surface area contributed by atoms with Crippen LogP contribution >= 0.6 is 0 Å². The van der Waals surface area contributed by atoms with E-state index in [9.17, 15) is 23.5 Å². The number of ether oxygens (including phenoxy) is 2. The minimum absolute atomic E-state index is 0.130. The van der Waals surface area contributed by atoms with Crippen LogP contribution in [-0.2, 0) is 14.3 Å². The molecule has 8 nitrogen and oxygen atoms in total. The van der Waals surface area contributed by atoms with E-state index in [1.165, 1.54) is 0 Å². The summed E-state index contributed by atoms with van der Waals surface area (Å²) in [5.74, 6) is -4.59. The first kappa shape index (κ1) is 15.3. The van der Waals surface area contributed by atoms with E-state index in [0.717, 1.165) is 19.2 Å². The van der Waals surface area contributed by atoms with Crippen LogP contribution in [-0.4, -0.2) is 45.4 Å². The van der Waals surface area contributed by atoms with Gasteiger partial charge in [0.2, 0.25) is 6.23 Å². The molecular formula is C11H13F2N3O5. The SMILES string of the molecule is CC(=O)OC[C@H]1O[C@@H](n2ccc(N)nc2=O)C(F)(F)[C@H]1O. The third-order valence-electron chi connectivity index (χ3n) is 2.93. The van der Waals surface area contributed by atoms with Crippen molar-refractivity contribution < 1.29 is 28.2 Å². The minimum Gasteiger partial charge on any atom is -0.463 e. The average Bonchev–Trinajstić information content (AvgIpc) is 2.60. The van der Waals surface area contributed by atoms with Gasteiger partial charge in [0.05, 0.1) is 0 Å². The van der Waals surface area contributed by atoms with Crippen molar-refractivity contribution in [2.24, 2.45) is 0 Å². The number of carbonyl (C=O) groups is 1. The first-order valence-electron chi connectivity index (χ1n) is 5.93. The number of rotatable bonds is 3. The fraction of sp³-hybridized carbons (Fsp3) is 0.545. The van der Waals surface area contributed by atoms with Crippen LogP contribution in [0, 0.1) is 0 Å². The zero-order valence-electron chi connectivity index (χ0n) is 10.9. The molecule has 0 bridgehead atoms. The number of nitrogen functional groups attached to an aromatic ring is 1. The molecule has 1 aliphatic rings. The quantitative estimate of drug-likeness (QED) is 0.708. The van der Waals surface area contributed by atoms with E-state index in [1.54, 1.807) is 0 Å². The Bertz CT molecular complexity index is 606. The number of carbonyl (C=O) groups excluding carboxylic acids is 1. The summed E-state index contributed by atoms with van der Waals surface area (Å²) >= 11 is 0. The lowest BCUT2D eigenvalue weighted by atomic mass is 10.1. The number of nitrogens with zero attached hydrogens (tertiary/aromatic N) is 2. The Hall–Kier alpha value is -2.07. The van der Waals surface area contributed by atoms with Crippen molar-refractivity contribution in [3.05, 3.63) is 22.7 Å². The maximum absolute atomic E-state index is 14.0. The molecule has 1 fully saturated rings. The van der Waals surface area contributed by atoms with E-state index >= 15 is 0 Å². The van der Waals surface area contributed by atoms with Crippen molar-refractivity contribution >= 4 is 11.8 Å². The Morgan fingerprint density at radius 2 is 2.33 bits per heavy atom. The highest BCUT2D eigenvalue weighted by molar-refractivity contribution is 5.65. The number of hydrogen-bond acceptors (Lipinski definition) is 7. The predicted octanol–water partition coefficient (Wildman–Crippen LogP) is -0.718. The molecule has 1 saturated heterocycles. The van der Waals surface area contributed by atoms with Crippen molar-refractivity contribution in [2.45, 2.75) is 31.3 Å². The van der Waals surface area contributed by atoms with Crippen molar-refractivity contribution in [3.63, 3.8) is 0 Å². The lowest BCUT2D eigenvalue weighted by Gasteiger charge is -2.20. The first-order valence-corrected chi connectivity index (χ1v) is 5.93. The van der Waals surface area contributed by atoms with E-state index in [1.807, 2.05) is 0 Å². The summed E-state index contributed by atoms with van der Waals surface area (Å²) in [6, 6.07) is 1.15. The number of esters is 1. The fourth-order valence-electron chi connectivity index (χ4n) is 1.91. The molecule has 0 aromatic carbocycles. The molecule has 0 saturated carbocycles. The molecule has 3 atom stereocenters. The van der Waals surface area contributed by atoms with Gasteiger partial charge in [-0.15, -0.1) is 0 Å². The first-order chi connectivity index (χ1) is 9.73. The van der Waals surface area contributed by atoms with Gasteiger partial charge < -0.3 is 20.3 Å². The molecule has 10 heteroatoms. The van der Waals surface area contributed by atoms with E-state index in [2.05, 4.69) is 9.72 Å². The van der Waals surface area contributed by atoms with Gasteiger partial charge >= 0.3 is 17.6 Å². The number of aromatic nitrogens is 2. The number of nitrogens with two attached hydrogens (primary N) is 1. The molecule has 0 unspecified atom stereocenters. The van der Waals surface area contributed by atoms with Crippen LogP contribution in [0.25, 0.3) is 0 Å². The Kier molecular flexibility index (Phi) is 3.92. The van der Waals surface area contributed by atoms with E-state index in [4.69, 9.17) is 10.5 Å². The summed E-state index contributed by atoms with van der Waals surface area (Å²) < 4.78 is 38.0. The second-order valence-electron chi connectivity index (χ2n) is 4.49. The standard InChI is InChI=1S/C11H13F2N3O5/c1-5(17)20-4-6-8(18)11(12,13)9(21-6)16-3-2-7(14)15-10(16)19/h2-3,6,8-9,18H,4H2,1H3,(H2,14,15,19)/t6-,8+,9-/m1/s1. The topological polar surface area (TPSA) is 117 Å². The van der Waals surface area contributed by atoms with Gasteiger partial charge in [-0.2, -0.15) is 13.8 Å². The van der Waals surface area contributed by atoms with Crippen molar-refractivity contribution in [2.75, 3.05) is 12.3 Å². The molecule has 0 amide bonds. The number of alkyl halides is 2. The second-order valence-corrected chi connectivity index (χ2v) is 4.49. The summed E-state index contributed by atoms with van der Waals surface area (Å²) in [5, 5.41) is 9.58. The Labute approximate surface area is 117 Å². The molecule has 0 radical (unpaired) electrons. The highest BCUT2D eigenvalue weighted by Gasteiger charge is 2.59. The van der Waals surface area contributed by atoms with Gasteiger partial charge in [-0.1, -0.05) is 0 Å².